The standard InChI is InChI=1S/C16H20N2/c1-13-9-10-15(17-11-13)18-12-16(2,3)14-7-5-4-6-8-14/h4-11H,12H2,1-3H3,(H,17,18). The third kappa shape index (κ3) is 3.10. The van der Waals surface area contributed by atoms with E-state index in [2.05, 4.69) is 60.5 Å². The summed E-state index contributed by atoms with van der Waals surface area (Å²) in [6.45, 7) is 7.39. The average molecular weight is 240 g/mol. The van der Waals surface area contributed by atoms with Crippen molar-refractivity contribution in [1.29, 1.82) is 0 Å². The number of anilines is 1. The normalized spacial score (nSPS) is 11.3. The Labute approximate surface area is 109 Å². The molecule has 2 rings (SSSR count). The number of benzene rings is 1. The van der Waals surface area contributed by atoms with Gasteiger partial charge in [-0.2, -0.15) is 0 Å². The van der Waals surface area contributed by atoms with E-state index in [0.29, 0.717) is 0 Å². The van der Waals surface area contributed by atoms with Gasteiger partial charge >= 0.3 is 0 Å². The number of aryl methyl sites for hydroxylation is 1. The molecule has 0 fully saturated rings. The zero-order valence-electron chi connectivity index (χ0n) is 11.3. The van der Waals surface area contributed by atoms with Gasteiger partial charge in [-0.3, -0.25) is 0 Å². The average Bonchev–Trinajstić information content (AvgIpc) is 2.39. The predicted octanol–water partition coefficient (Wildman–Crippen LogP) is 3.78. The van der Waals surface area contributed by atoms with Crippen molar-refractivity contribution >= 4 is 5.82 Å². The Balaban J connectivity index is 2.03. The third-order valence-electron chi connectivity index (χ3n) is 3.18. The smallest absolute Gasteiger partial charge is 0.125 e. The van der Waals surface area contributed by atoms with Crippen LogP contribution >= 0.6 is 0 Å². The third-order valence-corrected chi connectivity index (χ3v) is 3.18. The van der Waals surface area contributed by atoms with Gasteiger partial charge in [-0.1, -0.05) is 50.2 Å². The number of nitrogens with one attached hydrogen (secondary N) is 1. The maximum Gasteiger partial charge on any atom is 0.125 e. The Morgan fingerprint density at radius 1 is 1.06 bits per heavy atom. The van der Waals surface area contributed by atoms with Crippen molar-refractivity contribution in [2.24, 2.45) is 0 Å². The highest BCUT2D eigenvalue weighted by molar-refractivity contribution is 5.37. The summed E-state index contributed by atoms with van der Waals surface area (Å²) >= 11 is 0. The van der Waals surface area contributed by atoms with E-state index in [1.807, 2.05) is 19.2 Å². The minimum Gasteiger partial charge on any atom is -0.369 e. The van der Waals surface area contributed by atoms with Gasteiger partial charge in [0, 0.05) is 18.2 Å². The zero-order chi connectivity index (χ0) is 13.0. The van der Waals surface area contributed by atoms with Crippen molar-refractivity contribution in [1.82, 2.24) is 4.98 Å². The summed E-state index contributed by atoms with van der Waals surface area (Å²) in [7, 11) is 0. The van der Waals surface area contributed by atoms with E-state index in [-0.39, 0.29) is 5.41 Å². The molecule has 1 aromatic carbocycles. The van der Waals surface area contributed by atoms with Gasteiger partial charge in [0.25, 0.3) is 0 Å². The van der Waals surface area contributed by atoms with Crippen LogP contribution in [0.15, 0.2) is 48.7 Å². The van der Waals surface area contributed by atoms with Crippen LogP contribution in [0, 0.1) is 6.92 Å². The maximum atomic E-state index is 4.36. The summed E-state index contributed by atoms with van der Waals surface area (Å²) in [6, 6.07) is 14.7. The monoisotopic (exact) mass is 240 g/mol. The largest absolute Gasteiger partial charge is 0.369 e. The minimum absolute atomic E-state index is 0.0911. The van der Waals surface area contributed by atoms with Crippen LogP contribution in [0.2, 0.25) is 0 Å². The van der Waals surface area contributed by atoms with Gasteiger partial charge in [0.2, 0.25) is 0 Å². The molecule has 0 amide bonds. The van der Waals surface area contributed by atoms with Crippen LogP contribution in [-0.2, 0) is 5.41 Å². The van der Waals surface area contributed by atoms with Gasteiger partial charge in [-0.25, -0.2) is 4.98 Å². The van der Waals surface area contributed by atoms with E-state index < -0.39 is 0 Å². The highest BCUT2D eigenvalue weighted by Crippen LogP contribution is 2.23. The Morgan fingerprint density at radius 2 is 1.78 bits per heavy atom. The van der Waals surface area contributed by atoms with Gasteiger partial charge in [0.05, 0.1) is 0 Å². The summed E-state index contributed by atoms with van der Waals surface area (Å²) in [5, 5.41) is 3.40. The Kier molecular flexibility index (Phi) is 3.66. The fourth-order valence-corrected chi connectivity index (χ4v) is 1.88. The molecule has 2 nitrogen and oxygen atoms in total. The van der Waals surface area contributed by atoms with Crippen LogP contribution in [-0.4, -0.2) is 11.5 Å². The van der Waals surface area contributed by atoms with Gasteiger partial charge < -0.3 is 5.32 Å². The second kappa shape index (κ2) is 5.21. The minimum atomic E-state index is 0.0911. The number of hydrogen-bond donors (Lipinski definition) is 1. The highest BCUT2D eigenvalue weighted by Gasteiger charge is 2.19. The summed E-state index contributed by atoms with van der Waals surface area (Å²) in [4.78, 5) is 4.36. The van der Waals surface area contributed by atoms with Crippen molar-refractivity contribution < 1.29 is 0 Å². The van der Waals surface area contributed by atoms with Crippen molar-refractivity contribution in [3.63, 3.8) is 0 Å². The molecular weight excluding hydrogens is 220 g/mol. The SMILES string of the molecule is Cc1ccc(NCC(C)(C)c2ccccc2)nc1. The van der Waals surface area contributed by atoms with E-state index in [4.69, 9.17) is 0 Å². The zero-order valence-corrected chi connectivity index (χ0v) is 11.3. The lowest BCUT2D eigenvalue weighted by molar-refractivity contribution is 0.556. The van der Waals surface area contributed by atoms with Crippen molar-refractivity contribution in [2.45, 2.75) is 26.2 Å². The van der Waals surface area contributed by atoms with Gasteiger partial charge in [0.15, 0.2) is 0 Å². The van der Waals surface area contributed by atoms with E-state index in [0.717, 1.165) is 12.4 Å². The van der Waals surface area contributed by atoms with Crippen molar-refractivity contribution in [3.05, 3.63) is 59.8 Å². The quantitative estimate of drug-likeness (QED) is 0.879. The van der Waals surface area contributed by atoms with Crippen LogP contribution in [0.5, 0.6) is 0 Å². The molecule has 94 valence electrons. The molecule has 0 aliphatic heterocycles. The second-order valence-corrected chi connectivity index (χ2v) is 5.32. The van der Waals surface area contributed by atoms with Crippen LogP contribution < -0.4 is 5.32 Å². The van der Waals surface area contributed by atoms with Crippen molar-refractivity contribution in [3.8, 4) is 0 Å². The molecule has 2 heteroatoms. The van der Waals surface area contributed by atoms with Crippen LogP contribution in [0.3, 0.4) is 0 Å². The molecule has 0 atom stereocenters. The van der Waals surface area contributed by atoms with E-state index in [1.165, 1.54) is 11.1 Å². The fraction of sp³-hybridized carbons (Fsp3) is 0.312. The molecule has 0 radical (unpaired) electrons. The molecule has 0 saturated carbocycles. The van der Waals surface area contributed by atoms with Crippen molar-refractivity contribution in [2.75, 3.05) is 11.9 Å². The number of nitrogens with zero attached hydrogens (tertiary/aromatic N) is 1. The molecule has 0 aliphatic carbocycles. The Morgan fingerprint density at radius 3 is 2.39 bits per heavy atom. The first-order valence-electron chi connectivity index (χ1n) is 6.30. The summed E-state index contributed by atoms with van der Waals surface area (Å²) < 4.78 is 0. The predicted molar refractivity (Wildman–Crippen MR) is 76.9 cm³/mol. The van der Waals surface area contributed by atoms with E-state index in [9.17, 15) is 0 Å². The first-order chi connectivity index (χ1) is 8.58. The Bertz CT molecular complexity index is 486. The number of hydrogen-bond acceptors (Lipinski definition) is 2. The molecular formula is C16H20N2. The van der Waals surface area contributed by atoms with E-state index in [1.54, 1.807) is 0 Å². The molecule has 0 unspecified atom stereocenters. The maximum absolute atomic E-state index is 4.36. The molecule has 0 aliphatic rings. The van der Waals surface area contributed by atoms with Crippen LogP contribution in [0.1, 0.15) is 25.0 Å². The molecule has 1 heterocycles. The Hall–Kier alpha value is -1.83. The number of aromatic nitrogens is 1. The van der Waals surface area contributed by atoms with Crippen LogP contribution in [0.4, 0.5) is 5.82 Å². The topological polar surface area (TPSA) is 24.9 Å². The van der Waals surface area contributed by atoms with Crippen LogP contribution in [0.25, 0.3) is 0 Å². The molecule has 1 aromatic heterocycles. The second-order valence-electron chi connectivity index (χ2n) is 5.32. The lowest BCUT2D eigenvalue weighted by Gasteiger charge is -2.26. The summed E-state index contributed by atoms with van der Waals surface area (Å²) in [6.07, 6.45) is 1.89. The molecule has 1 N–H and O–H groups in total. The fourth-order valence-electron chi connectivity index (χ4n) is 1.88. The molecule has 18 heavy (non-hydrogen) atoms. The summed E-state index contributed by atoms with van der Waals surface area (Å²) in [5.74, 6) is 0.935. The highest BCUT2D eigenvalue weighted by atomic mass is 15.0. The molecule has 0 bridgehead atoms. The van der Waals surface area contributed by atoms with E-state index >= 15 is 0 Å². The lowest BCUT2D eigenvalue weighted by Crippen LogP contribution is -2.27. The van der Waals surface area contributed by atoms with Gasteiger partial charge in [-0.05, 0) is 24.1 Å². The molecule has 2 aromatic rings. The molecule has 0 spiro atoms. The lowest BCUT2D eigenvalue weighted by atomic mass is 9.84. The first-order valence-corrected chi connectivity index (χ1v) is 6.30. The first kappa shape index (κ1) is 12.6. The van der Waals surface area contributed by atoms with Gasteiger partial charge in [-0.15, -0.1) is 0 Å². The number of rotatable bonds is 4. The number of pyridine rings is 1. The van der Waals surface area contributed by atoms with Gasteiger partial charge in [0.1, 0.15) is 5.82 Å². The molecule has 0 saturated heterocycles. The summed E-state index contributed by atoms with van der Waals surface area (Å²) in [5.41, 5.74) is 2.61.